The standard InChI is InChI=1S/C17H19ClN4O2S/c1-10-2-5-12(6-3-10)21-22-15(23)9-25-17-19-14-7-4-11(18)8-13(14)16(24)20-17/h4,7-8,10H,2-3,5-6,9H2,1H3,(H,22,23)(H,19,20,24). The molecule has 1 fully saturated rings. The first kappa shape index (κ1) is 17.9. The lowest BCUT2D eigenvalue weighted by Crippen LogP contribution is -2.23. The van der Waals surface area contributed by atoms with Crippen molar-refractivity contribution in [1.29, 1.82) is 0 Å². The van der Waals surface area contributed by atoms with E-state index in [1.165, 1.54) is 11.8 Å². The molecule has 1 aliphatic rings. The number of nitrogens with zero attached hydrogens (tertiary/aromatic N) is 2. The average molecular weight is 379 g/mol. The number of aromatic amines is 1. The van der Waals surface area contributed by atoms with E-state index in [2.05, 4.69) is 27.4 Å². The quantitative estimate of drug-likeness (QED) is 0.485. The van der Waals surface area contributed by atoms with Crippen molar-refractivity contribution < 1.29 is 4.79 Å². The van der Waals surface area contributed by atoms with Gasteiger partial charge in [0.25, 0.3) is 11.5 Å². The highest BCUT2D eigenvalue weighted by molar-refractivity contribution is 7.99. The number of hydrazone groups is 1. The summed E-state index contributed by atoms with van der Waals surface area (Å²) in [6.45, 7) is 2.23. The van der Waals surface area contributed by atoms with Gasteiger partial charge in [-0.3, -0.25) is 9.59 Å². The molecular weight excluding hydrogens is 360 g/mol. The topological polar surface area (TPSA) is 87.2 Å². The fourth-order valence-electron chi connectivity index (χ4n) is 2.67. The van der Waals surface area contributed by atoms with Crippen molar-refractivity contribution in [2.75, 3.05) is 5.75 Å². The third-order valence-electron chi connectivity index (χ3n) is 4.18. The van der Waals surface area contributed by atoms with E-state index in [0.717, 1.165) is 37.3 Å². The molecule has 1 aromatic carbocycles. The normalized spacial score (nSPS) is 17.5. The second-order valence-electron chi connectivity index (χ2n) is 6.22. The van der Waals surface area contributed by atoms with Gasteiger partial charge in [0.15, 0.2) is 5.16 Å². The van der Waals surface area contributed by atoms with Crippen molar-refractivity contribution in [1.82, 2.24) is 15.4 Å². The summed E-state index contributed by atoms with van der Waals surface area (Å²) in [7, 11) is 0. The van der Waals surface area contributed by atoms with Crippen LogP contribution in [0.5, 0.6) is 0 Å². The molecule has 0 aliphatic heterocycles. The molecule has 0 unspecified atom stereocenters. The zero-order chi connectivity index (χ0) is 17.8. The number of rotatable bonds is 4. The Balaban J connectivity index is 1.59. The number of thioether (sulfide) groups is 1. The minimum atomic E-state index is -0.271. The first-order valence-electron chi connectivity index (χ1n) is 8.18. The van der Waals surface area contributed by atoms with E-state index >= 15 is 0 Å². The van der Waals surface area contributed by atoms with Gasteiger partial charge in [-0.2, -0.15) is 5.10 Å². The predicted molar refractivity (Wildman–Crippen MR) is 101 cm³/mol. The van der Waals surface area contributed by atoms with E-state index in [1.54, 1.807) is 18.2 Å². The third-order valence-corrected chi connectivity index (χ3v) is 5.28. The molecule has 0 radical (unpaired) electrons. The molecule has 2 aromatic rings. The number of fused-ring (bicyclic) bond motifs is 1. The molecule has 0 bridgehead atoms. The molecule has 6 nitrogen and oxygen atoms in total. The van der Waals surface area contributed by atoms with Gasteiger partial charge in [-0.25, -0.2) is 10.4 Å². The van der Waals surface area contributed by atoms with E-state index in [0.29, 0.717) is 21.1 Å². The van der Waals surface area contributed by atoms with Crippen molar-refractivity contribution in [3.05, 3.63) is 33.6 Å². The number of amides is 1. The van der Waals surface area contributed by atoms with Crippen molar-refractivity contribution in [2.24, 2.45) is 11.0 Å². The molecule has 1 amide bonds. The SMILES string of the molecule is CC1CCC(=NNC(=O)CSc2nc3ccc(Cl)cc3c(=O)[nH]2)CC1. The molecule has 1 saturated carbocycles. The summed E-state index contributed by atoms with van der Waals surface area (Å²) >= 11 is 7.06. The third kappa shape index (κ3) is 4.83. The van der Waals surface area contributed by atoms with Crippen LogP contribution in [0, 0.1) is 5.92 Å². The lowest BCUT2D eigenvalue weighted by molar-refractivity contribution is -0.118. The van der Waals surface area contributed by atoms with Gasteiger partial charge >= 0.3 is 0 Å². The maximum Gasteiger partial charge on any atom is 0.259 e. The van der Waals surface area contributed by atoms with E-state index < -0.39 is 0 Å². The van der Waals surface area contributed by atoms with Gasteiger partial charge in [-0.15, -0.1) is 0 Å². The monoisotopic (exact) mass is 378 g/mol. The molecule has 132 valence electrons. The molecule has 1 aliphatic carbocycles. The minimum Gasteiger partial charge on any atom is -0.301 e. The highest BCUT2D eigenvalue weighted by atomic mass is 35.5. The number of carbonyl (C=O) groups is 1. The Kier molecular flexibility index (Phi) is 5.75. The Morgan fingerprint density at radius 2 is 2.20 bits per heavy atom. The minimum absolute atomic E-state index is 0.134. The van der Waals surface area contributed by atoms with Crippen LogP contribution in [-0.2, 0) is 4.79 Å². The van der Waals surface area contributed by atoms with Crippen LogP contribution in [0.15, 0.2) is 33.3 Å². The number of hydrogen-bond donors (Lipinski definition) is 2. The number of hydrogen-bond acceptors (Lipinski definition) is 5. The Morgan fingerprint density at radius 3 is 2.96 bits per heavy atom. The van der Waals surface area contributed by atoms with E-state index in [1.807, 2.05) is 0 Å². The van der Waals surface area contributed by atoms with Crippen molar-refractivity contribution in [3.63, 3.8) is 0 Å². The van der Waals surface area contributed by atoms with Gasteiger partial charge in [-0.1, -0.05) is 30.3 Å². The van der Waals surface area contributed by atoms with Gasteiger partial charge in [0.2, 0.25) is 0 Å². The molecule has 1 aromatic heterocycles. The number of aromatic nitrogens is 2. The number of carbonyl (C=O) groups excluding carboxylic acids is 1. The lowest BCUT2D eigenvalue weighted by Gasteiger charge is -2.18. The summed E-state index contributed by atoms with van der Waals surface area (Å²) in [4.78, 5) is 31.0. The van der Waals surface area contributed by atoms with Gasteiger partial charge < -0.3 is 4.98 Å². The largest absolute Gasteiger partial charge is 0.301 e. The predicted octanol–water partition coefficient (Wildman–Crippen LogP) is 3.35. The fraction of sp³-hybridized carbons (Fsp3) is 0.412. The molecular formula is C17H19ClN4O2S. The summed E-state index contributed by atoms with van der Waals surface area (Å²) in [6, 6.07) is 4.94. The summed E-state index contributed by atoms with van der Waals surface area (Å²) in [5.74, 6) is 0.653. The van der Waals surface area contributed by atoms with Crippen LogP contribution in [0.25, 0.3) is 10.9 Å². The molecule has 25 heavy (non-hydrogen) atoms. The average Bonchev–Trinajstić information content (AvgIpc) is 2.60. The molecule has 0 atom stereocenters. The zero-order valence-corrected chi connectivity index (χ0v) is 15.4. The molecule has 2 N–H and O–H groups in total. The van der Waals surface area contributed by atoms with E-state index in [4.69, 9.17) is 11.6 Å². The highest BCUT2D eigenvalue weighted by Crippen LogP contribution is 2.21. The van der Waals surface area contributed by atoms with Crippen molar-refractivity contribution in [2.45, 2.75) is 37.8 Å². The Bertz CT molecular complexity index is 871. The summed E-state index contributed by atoms with van der Waals surface area (Å²) < 4.78 is 0. The smallest absolute Gasteiger partial charge is 0.259 e. The van der Waals surface area contributed by atoms with Crippen LogP contribution in [0.1, 0.15) is 32.6 Å². The Labute approximate surface area is 154 Å². The molecule has 0 saturated heterocycles. The summed E-state index contributed by atoms with van der Waals surface area (Å²) in [5.41, 5.74) is 3.91. The van der Waals surface area contributed by atoms with Crippen LogP contribution in [0.4, 0.5) is 0 Å². The number of benzene rings is 1. The van der Waals surface area contributed by atoms with Crippen LogP contribution in [0.2, 0.25) is 5.02 Å². The fourth-order valence-corrected chi connectivity index (χ4v) is 3.50. The number of nitrogens with one attached hydrogen (secondary N) is 2. The maximum absolute atomic E-state index is 12.1. The van der Waals surface area contributed by atoms with E-state index in [-0.39, 0.29) is 17.2 Å². The van der Waals surface area contributed by atoms with Crippen LogP contribution in [0.3, 0.4) is 0 Å². The maximum atomic E-state index is 12.1. The van der Waals surface area contributed by atoms with Gasteiger partial charge in [0.1, 0.15) is 0 Å². The first-order chi connectivity index (χ1) is 12.0. The van der Waals surface area contributed by atoms with Crippen molar-refractivity contribution in [3.8, 4) is 0 Å². The summed E-state index contributed by atoms with van der Waals surface area (Å²) in [5, 5.41) is 5.51. The van der Waals surface area contributed by atoms with Gasteiger partial charge in [0.05, 0.1) is 16.7 Å². The molecule has 0 spiro atoms. The van der Waals surface area contributed by atoms with E-state index in [9.17, 15) is 9.59 Å². The Hall–Kier alpha value is -1.86. The van der Waals surface area contributed by atoms with Crippen LogP contribution in [-0.4, -0.2) is 27.3 Å². The first-order valence-corrected chi connectivity index (χ1v) is 9.54. The molecule has 8 heteroatoms. The summed E-state index contributed by atoms with van der Waals surface area (Å²) in [6.07, 6.45) is 4.12. The Morgan fingerprint density at radius 1 is 1.44 bits per heavy atom. The van der Waals surface area contributed by atoms with Crippen LogP contribution < -0.4 is 11.0 Å². The highest BCUT2D eigenvalue weighted by Gasteiger charge is 2.14. The zero-order valence-electron chi connectivity index (χ0n) is 13.8. The van der Waals surface area contributed by atoms with Gasteiger partial charge in [-0.05, 0) is 49.8 Å². The lowest BCUT2D eigenvalue weighted by atomic mass is 9.90. The van der Waals surface area contributed by atoms with Gasteiger partial charge in [0, 0.05) is 10.7 Å². The van der Waals surface area contributed by atoms with Crippen molar-refractivity contribution >= 4 is 45.9 Å². The number of H-pyrrole nitrogens is 1. The second-order valence-corrected chi connectivity index (χ2v) is 7.62. The molecule has 3 rings (SSSR count). The molecule has 1 heterocycles. The second kappa shape index (κ2) is 8.01. The van der Waals surface area contributed by atoms with Crippen LogP contribution >= 0.6 is 23.4 Å². The number of halogens is 1.